The number of benzene rings is 1. The average Bonchev–Trinajstić information content (AvgIpc) is 2.53. The second kappa shape index (κ2) is 6.11. The lowest BCUT2D eigenvalue weighted by Crippen LogP contribution is -2.43. The predicted octanol–water partition coefficient (Wildman–Crippen LogP) is 2.82. The molecule has 4 heteroatoms. The molecule has 24 heavy (non-hydrogen) atoms. The monoisotopic (exact) mass is 322 g/mol. The van der Waals surface area contributed by atoms with Gasteiger partial charge in [0.15, 0.2) is 5.78 Å². The minimum absolute atomic E-state index is 0.0306. The molecular formula is C20H22N2O2. The molecule has 0 saturated heterocycles. The number of fused-ring (bicyclic) bond motifs is 1. The zero-order valence-corrected chi connectivity index (χ0v) is 14.3. The van der Waals surface area contributed by atoms with Gasteiger partial charge in [0, 0.05) is 48.1 Å². The van der Waals surface area contributed by atoms with Gasteiger partial charge < -0.3 is 10.2 Å². The predicted molar refractivity (Wildman–Crippen MR) is 95.0 cm³/mol. The van der Waals surface area contributed by atoms with Crippen LogP contribution in [-0.2, 0) is 16.0 Å². The molecule has 0 atom stereocenters. The molecule has 0 bridgehead atoms. The Bertz CT molecular complexity index is 785. The quantitative estimate of drug-likeness (QED) is 0.852. The Balaban J connectivity index is 1.88. The number of allylic oxidation sites excluding steroid dienone is 3. The number of hydrogen-bond acceptors (Lipinski definition) is 3. The lowest BCUT2D eigenvalue weighted by Gasteiger charge is -2.35. The topological polar surface area (TPSA) is 49.4 Å². The van der Waals surface area contributed by atoms with E-state index >= 15 is 0 Å². The van der Waals surface area contributed by atoms with E-state index in [2.05, 4.69) is 25.2 Å². The van der Waals surface area contributed by atoms with Gasteiger partial charge >= 0.3 is 0 Å². The molecule has 0 spiro atoms. The first kappa shape index (κ1) is 16.2. The van der Waals surface area contributed by atoms with Gasteiger partial charge in [-0.3, -0.25) is 9.59 Å². The Morgan fingerprint density at radius 2 is 2.00 bits per heavy atom. The van der Waals surface area contributed by atoms with Gasteiger partial charge in [-0.25, -0.2) is 0 Å². The maximum Gasteiger partial charge on any atom is 0.223 e. The maximum atomic E-state index is 12.6. The number of carbonyl (C=O) groups excluding carboxylic acids is 2. The second-order valence-corrected chi connectivity index (χ2v) is 6.91. The molecular weight excluding hydrogens is 300 g/mol. The molecule has 2 aliphatic rings. The Kier molecular flexibility index (Phi) is 4.14. The van der Waals surface area contributed by atoms with E-state index in [9.17, 15) is 9.59 Å². The van der Waals surface area contributed by atoms with Gasteiger partial charge in [0.1, 0.15) is 0 Å². The number of rotatable bonds is 2. The standard InChI is InChI=1S/C20H22N2O2/c1-14(23)22-10-8-15(9-11-22)19(24)12-18-17-7-5-4-6-16(17)13-20(2,3)21-18/h4-10,12,21H,11,13H2,1-3H3/b18-12-. The highest BCUT2D eigenvalue weighted by molar-refractivity contribution is 6.10. The van der Waals surface area contributed by atoms with Crippen molar-refractivity contribution in [2.75, 3.05) is 6.54 Å². The molecule has 0 unspecified atom stereocenters. The van der Waals surface area contributed by atoms with E-state index in [1.165, 1.54) is 12.5 Å². The van der Waals surface area contributed by atoms with Crippen molar-refractivity contribution < 1.29 is 9.59 Å². The highest BCUT2D eigenvalue weighted by Crippen LogP contribution is 2.29. The molecule has 0 saturated carbocycles. The van der Waals surface area contributed by atoms with Crippen molar-refractivity contribution in [1.82, 2.24) is 10.2 Å². The first-order chi connectivity index (χ1) is 11.4. The van der Waals surface area contributed by atoms with Crippen molar-refractivity contribution >= 4 is 17.4 Å². The zero-order chi connectivity index (χ0) is 17.3. The molecule has 124 valence electrons. The molecule has 1 aromatic carbocycles. The fourth-order valence-corrected chi connectivity index (χ4v) is 3.13. The van der Waals surface area contributed by atoms with E-state index in [-0.39, 0.29) is 17.2 Å². The van der Waals surface area contributed by atoms with Crippen LogP contribution in [-0.4, -0.2) is 28.7 Å². The molecule has 1 amide bonds. The summed E-state index contributed by atoms with van der Waals surface area (Å²) in [5.74, 6) is -0.0820. The van der Waals surface area contributed by atoms with E-state index in [0.29, 0.717) is 12.1 Å². The van der Waals surface area contributed by atoms with E-state index < -0.39 is 0 Å². The zero-order valence-electron chi connectivity index (χ0n) is 14.3. The Labute approximate surface area is 142 Å². The van der Waals surface area contributed by atoms with Crippen molar-refractivity contribution in [3.8, 4) is 0 Å². The summed E-state index contributed by atoms with van der Waals surface area (Å²) in [5, 5.41) is 3.47. The minimum atomic E-state index is -0.0946. The van der Waals surface area contributed by atoms with Crippen LogP contribution in [0, 0.1) is 0 Å². The number of nitrogens with zero attached hydrogens (tertiary/aromatic N) is 1. The third kappa shape index (κ3) is 3.32. The van der Waals surface area contributed by atoms with Crippen LogP contribution < -0.4 is 5.32 Å². The van der Waals surface area contributed by atoms with Crippen molar-refractivity contribution in [3.63, 3.8) is 0 Å². The molecule has 0 fully saturated rings. The molecule has 2 heterocycles. The van der Waals surface area contributed by atoms with Crippen LogP contribution in [0.3, 0.4) is 0 Å². The van der Waals surface area contributed by atoms with E-state index in [1.807, 2.05) is 18.2 Å². The first-order valence-corrected chi connectivity index (χ1v) is 8.14. The van der Waals surface area contributed by atoms with Crippen molar-refractivity contribution in [3.05, 3.63) is 65.4 Å². The lowest BCUT2D eigenvalue weighted by molar-refractivity contribution is -0.126. The third-order valence-electron chi connectivity index (χ3n) is 4.32. The second-order valence-electron chi connectivity index (χ2n) is 6.91. The summed E-state index contributed by atoms with van der Waals surface area (Å²) >= 11 is 0. The Morgan fingerprint density at radius 1 is 1.25 bits per heavy atom. The van der Waals surface area contributed by atoms with Gasteiger partial charge in [-0.1, -0.05) is 30.3 Å². The van der Waals surface area contributed by atoms with Crippen LogP contribution in [0.5, 0.6) is 0 Å². The highest BCUT2D eigenvalue weighted by atomic mass is 16.2. The molecule has 0 radical (unpaired) electrons. The summed E-state index contributed by atoms with van der Waals surface area (Å²) in [6, 6.07) is 8.17. The van der Waals surface area contributed by atoms with Crippen LogP contribution in [0.1, 0.15) is 31.9 Å². The van der Waals surface area contributed by atoms with Crippen molar-refractivity contribution in [1.29, 1.82) is 0 Å². The average molecular weight is 322 g/mol. The third-order valence-corrected chi connectivity index (χ3v) is 4.32. The van der Waals surface area contributed by atoms with Gasteiger partial charge in [-0.05, 0) is 31.9 Å². The van der Waals surface area contributed by atoms with Gasteiger partial charge in [-0.15, -0.1) is 0 Å². The van der Waals surface area contributed by atoms with Gasteiger partial charge in [0.2, 0.25) is 5.91 Å². The van der Waals surface area contributed by atoms with E-state index in [0.717, 1.165) is 17.7 Å². The Hall–Kier alpha value is -2.62. The fraction of sp³-hybridized carbons (Fsp3) is 0.300. The van der Waals surface area contributed by atoms with Crippen molar-refractivity contribution in [2.45, 2.75) is 32.7 Å². The number of amides is 1. The summed E-state index contributed by atoms with van der Waals surface area (Å²) < 4.78 is 0. The van der Waals surface area contributed by atoms with E-state index in [1.54, 1.807) is 29.3 Å². The van der Waals surface area contributed by atoms with Gasteiger partial charge in [0.05, 0.1) is 0 Å². The Morgan fingerprint density at radius 3 is 2.67 bits per heavy atom. The summed E-state index contributed by atoms with van der Waals surface area (Å²) in [4.78, 5) is 25.5. The lowest BCUT2D eigenvalue weighted by atomic mass is 9.85. The molecule has 1 N–H and O–H groups in total. The summed E-state index contributed by atoms with van der Waals surface area (Å²) in [6.07, 6.45) is 7.75. The van der Waals surface area contributed by atoms with E-state index in [4.69, 9.17) is 0 Å². The molecule has 3 rings (SSSR count). The van der Waals surface area contributed by atoms with Crippen LogP contribution in [0.25, 0.3) is 5.70 Å². The van der Waals surface area contributed by atoms with Crippen LogP contribution in [0.2, 0.25) is 0 Å². The molecule has 0 aromatic heterocycles. The normalized spacial score (nSPS) is 20.2. The molecule has 4 nitrogen and oxygen atoms in total. The van der Waals surface area contributed by atoms with Crippen LogP contribution in [0.4, 0.5) is 0 Å². The fourth-order valence-electron chi connectivity index (χ4n) is 3.13. The maximum absolute atomic E-state index is 12.6. The summed E-state index contributed by atoms with van der Waals surface area (Å²) in [6.45, 7) is 6.21. The number of hydrogen-bond donors (Lipinski definition) is 1. The largest absolute Gasteiger partial charge is 0.379 e. The number of nitrogens with one attached hydrogen (secondary N) is 1. The van der Waals surface area contributed by atoms with Gasteiger partial charge in [0.25, 0.3) is 0 Å². The minimum Gasteiger partial charge on any atom is -0.379 e. The smallest absolute Gasteiger partial charge is 0.223 e. The molecule has 1 aromatic rings. The number of carbonyl (C=O) groups is 2. The molecule has 0 aliphatic carbocycles. The van der Waals surface area contributed by atoms with Crippen molar-refractivity contribution in [2.24, 2.45) is 0 Å². The first-order valence-electron chi connectivity index (χ1n) is 8.14. The highest BCUT2D eigenvalue weighted by Gasteiger charge is 2.27. The van der Waals surface area contributed by atoms with Gasteiger partial charge in [-0.2, -0.15) is 0 Å². The van der Waals surface area contributed by atoms with Crippen LogP contribution in [0.15, 0.2) is 54.3 Å². The molecule has 2 aliphatic heterocycles. The summed E-state index contributed by atoms with van der Waals surface area (Å²) in [5.41, 5.74) is 3.70. The SMILES string of the molecule is CC(=O)N1C=CC(C(=O)/C=C2\NC(C)(C)Cc3ccccc32)=CC1. The number of ketones is 1. The summed E-state index contributed by atoms with van der Waals surface area (Å²) in [7, 11) is 0. The van der Waals surface area contributed by atoms with Crippen LogP contribution >= 0.6 is 0 Å².